The molecule has 1 aromatic rings. The van der Waals surface area contributed by atoms with E-state index in [1.54, 1.807) is 0 Å². The Morgan fingerprint density at radius 3 is 3.00 bits per heavy atom. The third kappa shape index (κ3) is 3.17. The van der Waals surface area contributed by atoms with Crippen LogP contribution in [0.1, 0.15) is 24.4 Å². The third-order valence-electron chi connectivity index (χ3n) is 2.99. The summed E-state index contributed by atoms with van der Waals surface area (Å²) in [5.74, 6) is 2.62. The summed E-state index contributed by atoms with van der Waals surface area (Å²) in [6.45, 7) is 7.28. The van der Waals surface area contributed by atoms with Gasteiger partial charge >= 0.3 is 0 Å². The van der Waals surface area contributed by atoms with Crippen molar-refractivity contribution in [3.8, 4) is 0 Å². The summed E-state index contributed by atoms with van der Waals surface area (Å²) in [5, 5.41) is 6.76. The molecule has 2 heterocycles. The van der Waals surface area contributed by atoms with E-state index in [4.69, 9.17) is 0 Å². The summed E-state index contributed by atoms with van der Waals surface area (Å²) in [6.07, 6.45) is 2.53. The van der Waals surface area contributed by atoms with Crippen molar-refractivity contribution in [1.82, 2.24) is 15.3 Å². The van der Waals surface area contributed by atoms with E-state index in [0.717, 1.165) is 29.8 Å². The molecule has 0 aromatic carbocycles. The minimum absolute atomic E-state index is 0.830. The second-order valence-corrected chi connectivity index (χ2v) is 4.52. The smallest absolute Gasteiger partial charge is 0.129 e. The minimum atomic E-state index is 0.830. The fraction of sp³-hybridized carbons (Fsp3) is 0.667. The Morgan fingerprint density at radius 2 is 2.31 bits per heavy atom. The Balaban J connectivity index is 1.80. The van der Waals surface area contributed by atoms with Crippen LogP contribution in [0, 0.1) is 19.8 Å². The number of nitrogens with zero attached hydrogens (tertiary/aromatic N) is 2. The molecule has 1 unspecified atom stereocenters. The van der Waals surface area contributed by atoms with Crippen LogP contribution in [0.3, 0.4) is 0 Å². The molecule has 1 atom stereocenters. The topological polar surface area (TPSA) is 49.8 Å². The maximum Gasteiger partial charge on any atom is 0.129 e. The molecule has 0 aliphatic carbocycles. The maximum atomic E-state index is 4.36. The van der Waals surface area contributed by atoms with Gasteiger partial charge in [-0.25, -0.2) is 9.97 Å². The number of aryl methyl sites for hydroxylation is 2. The van der Waals surface area contributed by atoms with Crippen LogP contribution in [0.15, 0.2) is 6.07 Å². The van der Waals surface area contributed by atoms with E-state index in [1.807, 2.05) is 19.9 Å². The summed E-state index contributed by atoms with van der Waals surface area (Å²) in [4.78, 5) is 8.62. The number of hydrogen-bond acceptors (Lipinski definition) is 4. The lowest BCUT2D eigenvalue weighted by Crippen LogP contribution is -2.13. The van der Waals surface area contributed by atoms with Crippen LogP contribution in [-0.4, -0.2) is 29.6 Å². The largest absolute Gasteiger partial charge is 0.370 e. The summed E-state index contributed by atoms with van der Waals surface area (Å²) in [7, 11) is 0. The molecule has 16 heavy (non-hydrogen) atoms. The monoisotopic (exact) mass is 220 g/mol. The van der Waals surface area contributed by atoms with Crippen molar-refractivity contribution < 1.29 is 0 Å². The Morgan fingerprint density at radius 1 is 1.44 bits per heavy atom. The lowest BCUT2D eigenvalue weighted by Gasteiger charge is -2.10. The van der Waals surface area contributed by atoms with E-state index in [0.29, 0.717) is 0 Å². The molecule has 4 heteroatoms. The first-order chi connectivity index (χ1) is 7.74. The zero-order valence-corrected chi connectivity index (χ0v) is 10.1. The van der Waals surface area contributed by atoms with Crippen LogP contribution < -0.4 is 10.6 Å². The molecule has 2 rings (SSSR count). The molecule has 1 fully saturated rings. The van der Waals surface area contributed by atoms with Crippen LogP contribution in [-0.2, 0) is 0 Å². The van der Waals surface area contributed by atoms with Gasteiger partial charge in [-0.2, -0.15) is 0 Å². The predicted molar refractivity (Wildman–Crippen MR) is 65.6 cm³/mol. The molecule has 0 spiro atoms. The molecule has 1 aliphatic rings. The molecular formula is C12H20N4. The van der Waals surface area contributed by atoms with Gasteiger partial charge in [0.1, 0.15) is 11.6 Å². The molecule has 1 aliphatic heterocycles. The standard InChI is InChI=1S/C12H20N4/c1-9-7-12(16-10(2)15-9)14-6-4-11-3-5-13-8-11/h7,11,13H,3-6,8H2,1-2H3,(H,14,15,16). The second-order valence-electron chi connectivity index (χ2n) is 4.52. The zero-order valence-electron chi connectivity index (χ0n) is 10.1. The average Bonchev–Trinajstić information content (AvgIpc) is 2.69. The fourth-order valence-electron chi connectivity index (χ4n) is 2.17. The lowest BCUT2D eigenvalue weighted by atomic mass is 10.1. The van der Waals surface area contributed by atoms with Gasteiger partial charge in [0.15, 0.2) is 0 Å². The molecule has 88 valence electrons. The highest BCUT2D eigenvalue weighted by atomic mass is 15.0. The molecule has 1 saturated heterocycles. The Bertz CT molecular complexity index is 325. The highest BCUT2D eigenvalue weighted by Gasteiger charge is 2.13. The Kier molecular flexibility index (Phi) is 3.72. The van der Waals surface area contributed by atoms with Gasteiger partial charge in [0, 0.05) is 18.3 Å². The van der Waals surface area contributed by atoms with E-state index < -0.39 is 0 Å². The number of nitrogens with one attached hydrogen (secondary N) is 2. The van der Waals surface area contributed by atoms with E-state index in [9.17, 15) is 0 Å². The molecular weight excluding hydrogens is 200 g/mol. The average molecular weight is 220 g/mol. The molecule has 0 radical (unpaired) electrons. The first-order valence-corrected chi connectivity index (χ1v) is 6.01. The van der Waals surface area contributed by atoms with Crippen LogP contribution in [0.4, 0.5) is 5.82 Å². The predicted octanol–water partition coefficient (Wildman–Crippen LogP) is 1.50. The Labute approximate surface area is 96.9 Å². The van der Waals surface area contributed by atoms with E-state index in [-0.39, 0.29) is 0 Å². The van der Waals surface area contributed by atoms with Crippen molar-refractivity contribution >= 4 is 5.82 Å². The zero-order chi connectivity index (χ0) is 11.4. The highest BCUT2D eigenvalue weighted by Crippen LogP contribution is 2.12. The quantitative estimate of drug-likeness (QED) is 0.807. The van der Waals surface area contributed by atoms with Crippen molar-refractivity contribution in [3.63, 3.8) is 0 Å². The summed E-state index contributed by atoms with van der Waals surface area (Å²) >= 11 is 0. The van der Waals surface area contributed by atoms with E-state index in [1.165, 1.54) is 25.9 Å². The first-order valence-electron chi connectivity index (χ1n) is 6.01. The van der Waals surface area contributed by atoms with Gasteiger partial charge < -0.3 is 10.6 Å². The summed E-state index contributed by atoms with van der Waals surface area (Å²) < 4.78 is 0. The molecule has 0 amide bonds. The Hall–Kier alpha value is -1.16. The van der Waals surface area contributed by atoms with Gasteiger partial charge in [-0.3, -0.25) is 0 Å². The van der Waals surface area contributed by atoms with E-state index in [2.05, 4.69) is 20.6 Å². The van der Waals surface area contributed by atoms with Crippen molar-refractivity contribution in [3.05, 3.63) is 17.6 Å². The van der Waals surface area contributed by atoms with Crippen LogP contribution >= 0.6 is 0 Å². The molecule has 2 N–H and O–H groups in total. The van der Waals surface area contributed by atoms with Gasteiger partial charge in [0.2, 0.25) is 0 Å². The fourth-order valence-corrected chi connectivity index (χ4v) is 2.17. The lowest BCUT2D eigenvalue weighted by molar-refractivity contribution is 0.549. The van der Waals surface area contributed by atoms with Crippen LogP contribution in [0.25, 0.3) is 0 Å². The van der Waals surface area contributed by atoms with Crippen LogP contribution in [0.2, 0.25) is 0 Å². The minimum Gasteiger partial charge on any atom is -0.370 e. The number of hydrogen-bond donors (Lipinski definition) is 2. The van der Waals surface area contributed by atoms with Gasteiger partial charge in [-0.15, -0.1) is 0 Å². The number of anilines is 1. The normalized spacial score (nSPS) is 20.0. The number of aromatic nitrogens is 2. The summed E-state index contributed by atoms with van der Waals surface area (Å²) in [6, 6.07) is 2.00. The summed E-state index contributed by atoms with van der Waals surface area (Å²) in [5.41, 5.74) is 1.03. The maximum absolute atomic E-state index is 4.36. The van der Waals surface area contributed by atoms with Crippen molar-refractivity contribution in [2.45, 2.75) is 26.7 Å². The van der Waals surface area contributed by atoms with Gasteiger partial charge in [-0.05, 0) is 45.7 Å². The number of rotatable bonds is 4. The van der Waals surface area contributed by atoms with Crippen molar-refractivity contribution in [2.24, 2.45) is 5.92 Å². The first kappa shape index (κ1) is 11.3. The SMILES string of the molecule is Cc1cc(NCCC2CCNC2)nc(C)n1. The van der Waals surface area contributed by atoms with Crippen molar-refractivity contribution in [2.75, 3.05) is 25.0 Å². The van der Waals surface area contributed by atoms with Crippen molar-refractivity contribution in [1.29, 1.82) is 0 Å². The second kappa shape index (κ2) is 5.25. The van der Waals surface area contributed by atoms with Gasteiger partial charge in [-0.1, -0.05) is 0 Å². The third-order valence-corrected chi connectivity index (χ3v) is 2.99. The molecule has 0 saturated carbocycles. The molecule has 0 bridgehead atoms. The van der Waals surface area contributed by atoms with Crippen LogP contribution in [0.5, 0.6) is 0 Å². The van der Waals surface area contributed by atoms with Gasteiger partial charge in [0.25, 0.3) is 0 Å². The highest BCUT2D eigenvalue weighted by molar-refractivity contribution is 5.35. The molecule has 4 nitrogen and oxygen atoms in total. The van der Waals surface area contributed by atoms with Gasteiger partial charge in [0.05, 0.1) is 0 Å². The van der Waals surface area contributed by atoms with E-state index >= 15 is 0 Å². The molecule has 1 aromatic heterocycles.